The number of ether oxygens (including phenoxy) is 2. The highest BCUT2D eigenvalue weighted by Crippen LogP contribution is 2.37. The summed E-state index contributed by atoms with van der Waals surface area (Å²) in [5, 5.41) is 19.6. The van der Waals surface area contributed by atoms with E-state index in [9.17, 15) is 28.5 Å². The molecule has 2 aromatic carbocycles. The fraction of sp³-hybridized carbons (Fsp3) is 0.400. The monoisotopic (exact) mass is 643 g/mol. The third-order valence-electron chi connectivity index (χ3n) is 6.79. The molecule has 0 fully saturated rings. The van der Waals surface area contributed by atoms with Crippen molar-refractivity contribution >= 4 is 53.2 Å². The lowest BCUT2D eigenvalue weighted by atomic mass is 10.00. The molecule has 2 heterocycles. The van der Waals surface area contributed by atoms with Gasteiger partial charge in [0.1, 0.15) is 28.6 Å². The highest BCUT2D eigenvalue weighted by Gasteiger charge is 2.33. The number of hydrogen-bond acceptors (Lipinski definition) is 7. The molecule has 0 saturated heterocycles. The van der Waals surface area contributed by atoms with Crippen LogP contribution < -0.4 is 4.74 Å². The minimum Gasteiger partial charge on any atom is -0.591 e. The Morgan fingerprint density at radius 1 is 1.25 bits per heavy atom. The quantitative estimate of drug-likeness (QED) is 0.0858. The van der Waals surface area contributed by atoms with Gasteiger partial charge in [0.05, 0.1) is 33.7 Å². The molecule has 0 saturated carbocycles. The van der Waals surface area contributed by atoms with E-state index in [-0.39, 0.29) is 40.5 Å². The molecule has 0 amide bonds. The Hall–Kier alpha value is -3.77. The number of fused-ring (bicyclic) bond motifs is 2. The minimum absolute atomic E-state index is 0.000430. The molecule has 0 aliphatic heterocycles. The van der Waals surface area contributed by atoms with Crippen molar-refractivity contribution in [2.75, 3.05) is 6.61 Å². The summed E-state index contributed by atoms with van der Waals surface area (Å²) in [5.41, 5.74) is 1.87. The standard InChI is InChI=1S/C30H35F2N5O5SSi/c1-18-14-23(42-28(31)32)24(20-10-11-36(26(18)20)29(38)39)25(35-43(40)30(2,3)4)27-34-21-15-19(16-33)8-9-22(21)37(27)17-41-12-13-44(5,6)7/h8-11,14-15,28H,12-13,17H2,1-7H3,(H,38,39). The largest absolute Gasteiger partial charge is 0.591 e. The van der Waals surface area contributed by atoms with Crippen molar-refractivity contribution in [2.45, 2.75) is 71.5 Å². The first kappa shape index (κ1) is 33.1. The van der Waals surface area contributed by atoms with Gasteiger partial charge in [-0.2, -0.15) is 14.0 Å². The summed E-state index contributed by atoms with van der Waals surface area (Å²) < 4.78 is 58.7. The second kappa shape index (κ2) is 12.7. The predicted octanol–water partition coefficient (Wildman–Crippen LogP) is 6.91. The van der Waals surface area contributed by atoms with Crippen molar-refractivity contribution in [3.8, 4) is 11.8 Å². The molecule has 2 aromatic heterocycles. The van der Waals surface area contributed by atoms with Crippen LogP contribution in [0.2, 0.25) is 25.7 Å². The van der Waals surface area contributed by atoms with Gasteiger partial charge < -0.3 is 19.1 Å². The molecular formula is C30H35F2N5O5SSi. The number of hydrogen-bond donors (Lipinski definition) is 1. The fourth-order valence-electron chi connectivity index (χ4n) is 4.56. The molecule has 0 aliphatic carbocycles. The second-order valence-electron chi connectivity index (χ2n) is 12.5. The van der Waals surface area contributed by atoms with Crippen LogP contribution >= 0.6 is 0 Å². The molecule has 0 bridgehead atoms. The number of alkyl halides is 2. The second-order valence-corrected chi connectivity index (χ2v) is 20.0. The number of benzene rings is 2. The summed E-state index contributed by atoms with van der Waals surface area (Å²) in [6, 6.07) is 10.7. The number of nitrogens with zero attached hydrogens (tertiary/aromatic N) is 5. The number of aromatic nitrogens is 3. The smallest absolute Gasteiger partial charge is 0.416 e. The average Bonchev–Trinajstić information content (AvgIpc) is 3.51. The number of carbonyl (C=O) groups is 1. The van der Waals surface area contributed by atoms with Crippen molar-refractivity contribution in [1.82, 2.24) is 14.1 Å². The maximum atomic E-state index is 13.8. The third-order valence-corrected chi connectivity index (χ3v) is 9.89. The van der Waals surface area contributed by atoms with Gasteiger partial charge in [0.15, 0.2) is 11.5 Å². The molecule has 0 aliphatic rings. The van der Waals surface area contributed by atoms with E-state index in [2.05, 4.69) is 30.1 Å². The van der Waals surface area contributed by atoms with Gasteiger partial charge in [0.2, 0.25) is 0 Å². The first-order valence-electron chi connectivity index (χ1n) is 13.8. The fourth-order valence-corrected chi connectivity index (χ4v) is 5.93. The molecule has 14 heteroatoms. The van der Waals surface area contributed by atoms with Crippen LogP contribution in [-0.4, -0.2) is 61.6 Å². The first-order chi connectivity index (χ1) is 20.5. The molecule has 10 nitrogen and oxygen atoms in total. The number of rotatable bonds is 10. The van der Waals surface area contributed by atoms with Gasteiger partial charge in [-0.3, -0.25) is 9.13 Å². The van der Waals surface area contributed by atoms with E-state index in [1.165, 1.54) is 18.3 Å². The maximum absolute atomic E-state index is 13.8. The Morgan fingerprint density at radius 3 is 2.55 bits per heavy atom. The lowest BCUT2D eigenvalue weighted by Gasteiger charge is -2.21. The minimum atomic E-state index is -3.22. The molecule has 1 N–H and O–H groups in total. The Balaban J connectivity index is 2.08. The average molecular weight is 644 g/mol. The van der Waals surface area contributed by atoms with E-state index in [0.717, 1.165) is 10.6 Å². The molecule has 0 spiro atoms. The first-order valence-corrected chi connectivity index (χ1v) is 18.7. The van der Waals surface area contributed by atoms with Gasteiger partial charge in [-0.25, -0.2) is 9.78 Å². The molecule has 4 aromatic rings. The predicted molar refractivity (Wildman–Crippen MR) is 169 cm³/mol. The van der Waals surface area contributed by atoms with Crippen LogP contribution in [-0.2, 0) is 22.8 Å². The van der Waals surface area contributed by atoms with Crippen LogP contribution in [0.1, 0.15) is 43.3 Å². The zero-order chi connectivity index (χ0) is 32.6. The van der Waals surface area contributed by atoms with Gasteiger partial charge in [-0.05, 0) is 69.6 Å². The number of carboxylic acid groups (broad SMARTS) is 1. The Labute approximate surface area is 258 Å². The summed E-state index contributed by atoms with van der Waals surface area (Å²) in [7, 11) is -1.43. The van der Waals surface area contributed by atoms with Gasteiger partial charge in [-0.1, -0.05) is 24.0 Å². The number of aryl methyl sites for hydroxylation is 1. The maximum Gasteiger partial charge on any atom is 0.416 e. The van der Waals surface area contributed by atoms with Crippen LogP contribution in [0, 0.1) is 18.3 Å². The molecule has 1 atom stereocenters. The molecule has 1 unspecified atom stereocenters. The summed E-state index contributed by atoms with van der Waals surface area (Å²) in [4.78, 5) is 16.8. The topological polar surface area (TPSA) is 138 Å². The van der Waals surface area contributed by atoms with E-state index in [1.807, 2.05) is 0 Å². The van der Waals surface area contributed by atoms with Crippen LogP contribution in [0.15, 0.2) is 40.9 Å². The van der Waals surface area contributed by atoms with E-state index in [4.69, 9.17) is 14.5 Å². The zero-order valence-corrected chi connectivity index (χ0v) is 27.5. The van der Waals surface area contributed by atoms with Gasteiger partial charge in [-0.15, -0.1) is 0 Å². The molecule has 234 valence electrons. The van der Waals surface area contributed by atoms with Crippen LogP contribution in [0.4, 0.5) is 13.6 Å². The van der Waals surface area contributed by atoms with Crippen LogP contribution in [0.3, 0.4) is 0 Å². The van der Waals surface area contributed by atoms with Crippen molar-refractivity contribution in [2.24, 2.45) is 4.40 Å². The molecule has 4 rings (SSSR count). The van der Waals surface area contributed by atoms with Crippen LogP contribution in [0.25, 0.3) is 21.9 Å². The van der Waals surface area contributed by atoms with E-state index in [0.29, 0.717) is 28.8 Å². The van der Waals surface area contributed by atoms with Gasteiger partial charge in [0.25, 0.3) is 0 Å². The third kappa shape index (κ3) is 7.13. The summed E-state index contributed by atoms with van der Waals surface area (Å²) in [6.45, 7) is 10.6. The van der Waals surface area contributed by atoms with Crippen molar-refractivity contribution in [1.29, 1.82) is 5.26 Å². The Morgan fingerprint density at radius 2 is 1.95 bits per heavy atom. The highest BCUT2D eigenvalue weighted by atomic mass is 32.2. The van der Waals surface area contributed by atoms with Gasteiger partial charge >= 0.3 is 12.7 Å². The van der Waals surface area contributed by atoms with Crippen molar-refractivity contribution in [3.05, 3.63) is 59.0 Å². The van der Waals surface area contributed by atoms with Gasteiger partial charge in [0, 0.05) is 26.3 Å². The number of halogens is 2. The van der Waals surface area contributed by atoms with E-state index < -0.39 is 36.9 Å². The zero-order valence-electron chi connectivity index (χ0n) is 25.6. The van der Waals surface area contributed by atoms with Crippen molar-refractivity contribution < 1.29 is 32.7 Å². The lowest BCUT2D eigenvalue weighted by Crippen LogP contribution is -2.28. The SMILES string of the molecule is Cc1cc(OC(F)F)c(C(=N[S+]([O-])C(C)(C)C)c2nc3cc(C#N)ccc3n2COCC[Si](C)(C)C)c2ccn(C(=O)O)c12. The van der Waals surface area contributed by atoms with Crippen molar-refractivity contribution in [3.63, 3.8) is 0 Å². The van der Waals surface area contributed by atoms with E-state index in [1.54, 1.807) is 50.5 Å². The highest BCUT2D eigenvalue weighted by molar-refractivity contribution is 7.91. The Kier molecular flexibility index (Phi) is 9.55. The lowest BCUT2D eigenvalue weighted by molar-refractivity contribution is -0.0498. The summed E-state index contributed by atoms with van der Waals surface area (Å²) in [5.74, 6) is -0.151. The Bertz CT molecular complexity index is 1780. The molecule has 44 heavy (non-hydrogen) atoms. The number of imidazole rings is 1. The molecular weight excluding hydrogens is 609 g/mol. The summed E-state index contributed by atoms with van der Waals surface area (Å²) in [6.07, 6.45) is 0.0239. The summed E-state index contributed by atoms with van der Waals surface area (Å²) >= 11 is -1.91. The number of nitriles is 1. The normalized spacial score (nSPS) is 13.5. The molecule has 0 radical (unpaired) electrons. The van der Waals surface area contributed by atoms with Crippen LogP contribution in [0.5, 0.6) is 5.75 Å². The van der Waals surface area contributed by atoms with E-state index >= 15 is 0 Å².